The van der Waals surface area contributed by atoms with Crippen LogP contribution in [0.5, 0.6) is 0 Å². The van der Waals surface area contributed by atoms with Crippen LogP contribution < -0.4 is 5.73 Å². The van der Waals surface area contributed by atoms with Crippen molar-refractivity contribution in [1.82, 2.24) is 4.90 Å². The third-order valence-electron chi connectivity index (χ3n) is 5.58. The minimum Gasteiger partial charge on any atom is -0.330 e. The molecule has 0 aromatic heterocycles. The predicted octanol–water partition coefficient (Wildman–Crippen LogP) is 2.94. The quantitative estimate of drug-likeness (QED) is 0.901. The summed E-state index contributed by atoms with van der Waals surface area (Å²) >= 11 is 0. The Bertz CT molecular complexity index is 484. The van der Waals surface area contributed by atoms with Gasteiger partial charge in [-0.25, -0.2) is 0 Å². The van der Waals surface area contributed by atoms with Crippen LogP contribution in [0.1, 0.15) is 55.2 Å². The number of hydrogen-bond acceptors (Lipinski definition) is 2. The number of nitrogens with two attached hydrogens (primary N) is 1. The van der Waals surface area contributed by atoms with Gasteiger partial charge in [0.2, 0.25) is 0 Å². The summed E-state index contributed by atoms with van der Waals surface area (Å²) in [6.45, 7) is 3.17. The first-order chi connectivity index (χ1) is 9.31. The molecule has 1 aliphatic heterocycles. The maximum Gasteiger partial charge on any atom is 0.0243 e. The molecule has 102 valence electrons. The molecule has 3 aliphatic rings. The second-order valence-electron chi connectivity index (χ2n) is 6.81. The Morgan fingerprint density at radius 1 is 1.11 bits per heavy atom. The third kappa shape index (κ3) is 1.93. The summed E-state index contributed by atoms with van der Waals surface area (Å²) in [5.41, 5.74) is 11.1. The fraction of sp³-hybridized carbons (Fsp3) is 0.647. The molecule has 19 heavy (non-hydrogen) atoms. The first-order valence-corrected chi connectivity index (χ1v) is 7.87. The van der Waals surface area contributed by atoms with E-state index in [1.54, 1.807) is 11.1 Å². The first kappa shape index (κ1) is 11.9. The highest BCUT2D eigenvalue weighted by Crippen LogP contribution is 2.42. The van der Waals surface area contributed by atoms with E-state index in [0.717, 1.165) is 12.6 Å². The number of rotatable bonds is 3. The largest absolute Gasteiger partial charge is 0.330 e. The monoisotopic (exact) mass is 256 g/mol. The zero-order valence-corrected chi connectivity index (χ0v) is 11.7. The van der Waals surface area contributed by atoms with E-state index in [-0.39, 0.29) is 0 Å². The molecule has 0 radical (unpaired) electrons. The van der Waals surface area contributed by atoms with Gasteiger partial charge in [0.15, 0.2) is 0 Å². The van der Waals surface area contributed by atoms with Crippen LogP contribution in [0.15, 0.2) is 18.2 Å². The van der Waals surface area contributed by atoms with Crippen LogP contribution in [0.4, 0.5) is 0 Å². The minimum atomic E-state index is 0.294. The van der Waals surface area contributed by atoms with Gasteiger partial charge in [0.25, 0.3) is 0 Å². The zero-order chi connectivity index (χ0) is 12.9. The zero-order valence-electron chi connectivity index (χ0n) is 11.7. The standard InChI is InChI=1S/C17H24N2/c18-12-17(7-1-2-8-17)15-4-3-13-10-19(16-5-6-16)11-14(13)9-15/h3-4,9,16H,1-2,5-8,10-12,18H2. The van der Waals surface area contributed by atoms with Crippen LogP contribution in [0.25, 0.3) is 0 Å². The molecule has 2 nitrogen and oxygen atoms in total. The number of fused-ring (bicyclic) bond motifs is 1. The van der Waals surface area contributed by atoms with Gasteiger partial charge in [-0.1, -0.05) is 31.0 Å². The van der Waals surface area contributed by atoms with E-state index in [2.05, 4.69) is 23.1 Å². The van der Waals surface area contributed by atoms with Crippen molar-refractivity contribution in [1.29, 1.82) is 0 Å². The highest BCUT2D eigenvalue weighted by atomic mass is 15.2. The summed E-state index contributed by atoms with van der Waals surface area (Å²) in [7, 11) is 0. The summed E-state index contributed by atoms with van der Waals surface area (Å²) in [6, 6.07) is 8.11. The lowest BCUT2D eigenvalue weighted by atomic mass is 9.78. The molecule has 0 bridgehead atoms. The third-order valence-corrected chi connectivity index (χ3v) is 5.58. The lowest BCUT2D eigenvalue weighted by molar-refractivity contribution is 0.273. The summed E-state index contributed by atoms with van der Waals surface area (Å²) in [5, 5.41) is 0. The van der Waals surface area contributed by atoms with E-state index in [4.69, 9.17) is 5.73 Å². The molecule has 2 N–H and O–H groups in total. The van der Waals surface area contributed by atoms with Gasteiger partial charge in [-0.05, 0) is 42.4 Å². The van der Waals surface area contributed by atoms with E-state index in [9.17, 15) is 0 Å². The Balaban J connectivity index is 1.63. The van der Waals surface area contributed by atoms with E-state index in [1.165, 1.54) is 57.2 Å². The molecule has 2 saturated carbocycles. The van der Waals surface area contributed by atoms with E-state index >= 15 is 0 Å². The normalized spacial score (nSPS) is 25.7. The Morgan fingerprint density at radius 2 is 1.84 bits per heavy atom. The SMILES string of the molecule is NCC1(c2ccc3c(c2)CN(C2CC2)C3)CCCC1. The molecule has 0 unspecified atom stereocenters. The van der Waals surface area contributed by atoms with Crippen molar-refractivity contribution >= 4 is 0 Å². The van der Waals surface area contributed by atoms with Gasteiger partial charge >= 0.3 is 0 Å². The summed E-state index contributed by atoms with van der Waals surface area (Å²) in [6.07, 6.45) is 8.09. The molecule has 2 fully saturated rings. The average molecular weight is 256 g/mol. The predicted molar refractivity (Wildman–Crippen MR) is 77.9 cm³/mol. The van der Waals surface area contributed by atoms with Gasteiger partial charge in [-0.15, -0.1) is 0 Å². The Labute approximate surface area is 116 Å². The van der Waals surface area contributed by atoms with Crippen molar-refractivity contribution in [3.05, 3.63) is 34.9 Å². The minimum absolute atomic E-state index is 0.294. The Hall–Kier alpha value is -0.860. The van der Waals surface area contributed by atoms with Crippen molar-refractivity contribution in [3.63, 3.8) is 0 Å². The van der Waals surface area contributed by atoms with Crippen LogP contribution in [0, 0.1) is 0 Å². The molecule has 0 atom stereocenters. The van der Waals surface area contributed by atoms with Crippen molar-refractivity contribution in [2.75, 3.05) is 6.54 Å². The van der Waals surface area contributed by atoms with Crippen LogP contribution in [0.3, 0.4) is 0 Å². The molecule has 2 heteroatoms. The van der Waals surface area contributed by atoms with Gasteiger partial charge < -0.3 is 5.73 Å². The molecule has 4 rings (SSSR count). The fourth-order valence-electron chi connectivity index (χ4n) is 4.11. The van der Waals surface area contributed by atoms with Crippen molar-refractivity contribution in [2.24, 2.45) is 5.73 Å². The highest BCUT2D eigenvalue weighted by Gasteiger charge is 2.36. The topological polar surface area (TPSA) is 29.3 Å². The van der Waals surface area contributed by atoms with Crippen molar-refractivity contribution in [2.45, 2.75) is 63.1 Å². The molecular weight excluding hydrogens is 232 g/mol. The number of benzene rings is 1. The van der Waals surface area contributed by atoms with E-state index in [0.29, 0.717) is 5.41 Å². The Morgan fingerprint density at radius 3 is 2.53 bits per heavy atom. The molecule has 0 amide bonds. The van der Waals surface area contributed by atoms with Crippen LogP contribution in [-0.4, -0.2) is 17.5 Å². The van der Waals surface area contributed by atoms with Crippen LogP contribution in [0.2, 0.25) is 0 Å². The van der Waals surface area contributed by atoms with E-state index < -0.39 is 0 Å². The van der Waals surface area contributed by atoms with E-state index in [1.807, 2.05) is 0 Å². The molecule has 0 saturated heterocycles. The number of nitrogens with zero attached hydrogens (tertiary/aromatic N) is 1. The lowest BCUT2D eigenvalue weighted by Crippen LogP contribution is -2.32. The smallest absolute Gasteiger partial charge is 0.0243 e. The summed E-state index contributed by atoms with van der Waals surface area (Å²) < 4.78 is 0. The molecule has 1 heterocycles. The van der Waals surface area contributed by atoms with Crippen molar-refractivity contribution in [3.8, 4) is 0 Å². The fourth-order valence-corrected chi connectivity index (χ4v) is 4.11. The summed E-state index contributed by atoms with van der Waals surface area (Å²) in [4.78, 5) is 2.65. The molecule has 0 spiro atoms. The highest BCUT2D eigenvalue weighted by molar-refractivity contribution is 5.39. The molecular formula is C17H24N2. The number of hydrogen-bond donors (Lipinski definition) is 1. The Kier molecular flexibility index (Phi) is 2.71. The average Bonchev–Trinajstić information content (AvgIpc) is 3.03. The summed E-state index contributed by atoms with van der Waals surface area (Å²) in [5.74, 6) is 0. The van der Waals surface area contributed by atoms with Crippen molar-refractivity contribution < 1.29 is 0 Å². The first-order valence-electron chi connectivity index (χ1n) is 7.87. The van der Waals surface area contributed by atoms with Gasteiger partial charge in [-0.2, -0.15) is 0 Å². The maximum absolute atomic E-state index is 6.12. The van der Waals surface area contributed by atoms with Gasteiger partial charge in [0.1, 0.15) is 0 Å². The van der Waals surface area contributed by atoms with Gasteiger partial charge in [-0.3, -0.25) is 4.90 Å². The van der Waals surface area contributed by atoms with Crippen LogP contribution in [-0.2, 0) is 18.5 Å². The second kappa shape index (κ2) is 4.32. The molecule has 1 aromatic rings. The maximum atomic E-state index is 6.12. The second-order valence-corrected chi connectivity index (χ2v) is 6.81. The van der Waals surface area contributed by atoms with Gasteiger partial charge in [0, 0.05) is 31.1 Å². The lowest BCUT2D eigenvalue weighted by Gasteiger charge is -2.28. The van der Waals surface area contributed by atoms with Crippen LogP contribution >= 0.6 is 0 Å². The van der Waals surface area contributed by atoms with Gasteiger partial charge in [0.05, 0.1) is 0 Å². The molecule has 1 aromatic carbocycles. The molecule has 2 aliphatic carbocycles.